The molecular formula is C17H19NO3. The molecule has 4 nitrogen and oxygen atoms in total. The number of hydrogen-bond acceptors (Lipinski definition) is 4. The highest BCUT2D eigenvalue weighted by Gasteiger charge is 2.25. The number of ether oxygens (including phenoxy) is 3. The fourth-order valence-corrected chi connectivity index (χ4v) is 2.70. The Morgan fingerprint density at radius 1 is 1.14 bits per heavy atom. The van der Waals surface area contributed by atoms with E-state index in [1.807, 2.05) is 30.3 Å². The van der Waals surface area contributed by atoms with Gasteiger partial charge in [0, 0.05) is 30.2 Å². The van der Waals surface area contributed by atoms with E-state index in [-0.39, 0.29) is 6.10 Å². The summed E-state index contributed by atoms with van der Waals surface area (Å²) in [6, 6.07) is 12.0. The van der Waals surface area contributed by atoms with Crippen molar-refractivity contribution >= 4 is 0 Å². The van der Waals surface area contributed by atoms with Gasteiger partial charge in [-0.05, 0) is 17.7 Å². The standard InChI is InChI=1S/C17H19NO3/c1-19-12-6-7-14(16(9-12)20-2)15-5-3-4-11-8-13(10-18)21-17(11)15/h3-7,9,13H,8,10,18H2,1-2H3/t13-/m1/s1. The Morgan fingerprint density at radius 2 is 2.00 bits per heavy atom. The lowest BCUT2D eigenvalue weighted by Gasteiger charge is -2.14. The molecule has 2 N–H and O–H groups in total. The normalized spacial score (nSPS) is 16.2. The van der Waals surface area contributed by atoms with E-state index < -0.39 is 0 Å². The number of fused-ring (bicyclic) bond motifs is 1. The van der Waals surface area contributed by atoms with Crippen molar-refractivity contribution < 1.29 is 14.2 Å². The van der Waals surface area contributed by atoms with Crippen LogP contribution in [0, 0.1) is 0 Å². The quantitative estimate of drug-likeness (QED) is 0.938. The molecule has 0 aromatic heterocycles. The van der Waals surface area contributed by atoms with Crippen LogP contribution in [0.2, 0.25) is 0 Å². The Bertz CT molecular complexity index is 654. The van der Waals surface area contributed by atoms with E-state index in [2.05, 4.69) is 6.07 Å². The van der Waals surface area contributed by atoms with Gasteiger partial charge in [-0.3, -0.25) is 0 Å². The smallest absolute Gasteiger partial charge is 0.131 e. The summed E-state index contributed by atoms with van der Waals surface area (Å²) >= 11 is 0. The van der Waals surface area contributed by atoms with Gasteiger partial charge < -0.3 is 19.9 Å². The summed E-state index contributed by atoms with van der Waals surface area (Å²) in [5.74, 6) is 2.45. The van der Waals surface area contributed by atoms with Gasteiger partial charge in [0.15, 0.2) is 0 Å². The molecule has 1 heterocycles. The molecule has 0 aliphatic carbocycles. The lowest BCUT2D eigenvalue weighted by Crippen LogP contribution is -2.24. The van der Waals surface area contributed by atoms with E-state index in [1.165, 1.54) is 5.56 Å². The van der Waals surface area contributed by atoms with Gasteiger partial charge >= 0.3 is 0 Å². The van der Waals surface area contributed by atoms with Crippen molar-refractivity contribution in [1.82, 2.24) is 0 Å². The first-order valence-electron chi connectivity index (χ1n) is 6.97. The first kappa shape index (κ1) is 13.8. The summed E-state index contributed by atoms with van der Waals surface area (Å²) in [6.45, 7) is 0.522. The minimum atomic E-state index is 0.0605. The van der Waals surface area contributed by atoms with Crippen molar-refractivity contribution in [3.05, 3.63) is 42.0 Å². The second-order valence-corrected chi connectivity index (χ2v) is 5.04. The molecule has 2 aromatic rings. The average molecular weight is 285 g/mol. The summed E-state index contributed by atoms with van der Waals surface area (Å²) < 4.78 is 16.7. The number of para-hydroxylation sites is 1. The molecule has 0 bridgehead atoms. The number of benzene rings is 2. The Balaban J connectivity index is 2.09. The molecule has 1 atom stereocenters. The third-order valence-electron chi connectivity index (χ3n) is 3.79. The molecule has 3 rings (SSSR count). The van der Waals surface area contributed by atoms with Gasteiger partial charge in [-0.1, -0.05) is 18.2 Å². The third kappa shape index (κ3) is 2.43. The highest BCUT2D eigenvalue weighted by atomic mass is 16.5. The van der Waals surface area contributed by atoms with Gasteiger partial charge in [0.2, 0.25) is 0 Å². The fourth-order valence-electron chi connectivity index (χ4n) is 2.70. The summed E-state index contributed by atoms with van der Waals surface area (Å²) in [5.41, 5.74) is 8.95. The zero-order valence-electron chi connectivity index (χ0n) is 12.3. The maximum atomic E-state index is 5.99. The molecule has 1 aliphatic heterocycles. The van der Waals surface area contributed by atoms with E-state index in [1.54, 1.807) is 14.2 Å². The van der Waals surface area contributed by atoms with Crippen LogP contribution in [-0.2, 0) is 6.42 Å². The SMILES string of the molecule is COc1ccc(-c2cccc3c2O[C@@H](CN)C3)c(OC)c1. The predicted octanol–water partition coefficient (Wildman–Crippen LogP) is 2.63. The van der Waals surface area contributed by atoms with Crippen LogP contribution in [0.25, 0.3) is 11.1 Å². The van der Waals surface area contributed by atoms with Crippen LogP contribution in [0.4, 0.5) is 0 Å². The van der Waals surface area contributed by atoms with E-state index in [0.29, 0.717) is 6.54 Å². The number of nitrogens with two attached hydrogens (primary N) is 1. The minimum Gasteiger partial charge on any atom is -0.497 e. The lowest BCUT2D eigenvalue weighted by molar-refractivity contribution is 0.242. The maximum Gasteiger partial charge on any atom is 0.131 e. The number of hydrogen-bond donors (Lipinski definition) is 1. The van der Waals surface area contributed by atoms with Crippen molar-refractivity contribution in [2.45, 2.75) is 12.5 Å². The Labute approximate surface area is 124 Å². The maximum absolute atomic E-state index is 5.99. The molecule has 0 radical (unpaired) electrons. The zero-order chi connectivity index (χ0) is 14.8. The predicted molar refractivity (Wildman–Crippen MR) is 82.2 cm³/mol. The van der Waals surface area contributed by atoms with Gasteiger partial charge in [-0.15, -0.1) is 0 Å². The molecule has 0 spiro atoms. The van der Waals surface area contributed by atoms with Crippen molar-refractivity contribution in [2.24, 2.45) is 5.73 Å². The van der Waals surface area contributed by atoms with Gasteiger partial charge in [-0.2, -0.15) is 0 Å². The monoisotopic (exact) mass is 285 g/mol. The zero-order valence-corrected chi connectivity index (χ0v) is 12.3. The summed E-state index contributed by atoms with van der Waals surface area (Å²) in [5, 5.41) is 0. The molecule has 0 saturated carbocycles. The van der Waals surface area contributed by atoms with Gasteiger partial charge in [0.05, 0.1) is 14.2 Å². The van der Waals surface area contributed by atoms with E-state index >= 15 is 0 Å². The molecule has 4 heteroatoms. The number of methoxy groups -OCH3 is 2. The van der Waals surface area contributed by atoms with E-state index in [4.69, 9.17) is 19.9 Å². The second kappa shape index (κ2) is 5.66. The first-order valence-corrected chi connectivity index (χ1v) is 6.97. The van der Waals surface area contributed by atoms with Crippen LogP contribution >= 0.6 is 0 Å². The fraction of sp³-hybridized carbons (Fsp3) is 0.294. The van der Waals surface area contributed by atoms with Crippen molar-refractivity contribution in [2.75, 3.05) is 20.8 Å². The highest BCUT2D eigenvalue weighted by Crippen LogP contribution is 2.42. The Kier molecular flexibility index (Phi) is 3.71. The van der Waals surface area contributed by atoms with Gasteiger partial charge in [0.1, 0.15) is 23.4 Å². The Hall–Kier alpha value is -2.20. The topological polar surface area (TPSA) is 53.7 Å². The van der Waals surface area contributed by atoms with Gasteiger partial charge in [-0.25, -0.2) is 0 Å². The molecule has 0 unspecified atom stereocenters. The van der Waals surface area contributed by atoms with Crippen LogP contribution in [0.1, 0.15) is 5.56 Å². The molecule has 0 saturated heterocycles. The van der Waals surface area contributed by atoms with Crippen molar-refractivity contribution in [3.63, 3.8) is 0 Å². The highest BCUT2D eigenvalue weighted by molar-refractivity contribution is 5.78. The molecular weight excluding hydrogens is 266 g/mol. The van der Waals surface area contributed by atoms with Crippen LogP contribution < -0.4 is 19.9 Å². The second-order valence-electron chi connectivity index (χ2n) is 5.04. The minimum absolute atomic E-state index is 0.0605. The van der Waals surface area contributed by atoms with Crippen LogP contribution in [0.5, 0.6) is 17.2 Å². The van der Waals surface area contributed by atoms with Gasteiger partial charge in [0.25, 0.3) is 0 Å². The molecule has 110 valence electrons. The summed E-state index contributed by atoms with van der Waals surface area (Å²) in [4.78, 5) is 0. The molecule has 21 heavy (non-hydrogen) atoms. The van der Waals surface area contributed by atoms with Crippen LogP contribution in [0.15, 0.2) is 36.4 Å². The molecule has 1 aliphatic rings. The summed E-state index contributed by atoms with van der Waals surface area (Å²) in [7, 11) is 3.30. The van der Waals surface area contributed by atoms with E-state index in [0.717, 1.165) is 34.8 Å². The number of rotatable bonds is 4. The van der Waals surface area contributed by atoms with E-state index in [9.17, 15) is 0 Å². The molecule has 2 aromatic carbocycles. The first-order chi connectivity index (χ1) is 10.3. The average Bonchev–Trinajstić information content (AvgIpc) is 2.97. The summed E-state index contributed by atoms with van der Waals surface area (Å²) in [6.07, 6.45) is 0.920. The molecule has 0 amide bonds. The van der Waals surface area contributed by atoms with Crippen molar-refractivity contribution in [3.8, 4) is 28.4 Å². The third-order valence-corrected chi connectivity index (χ3v) is 3.79. The van der Waals surface area contributed by atoms with Crippen LogP contribution in [0.3, 0.4) is 0 Å². The molecule has 0 fully saturated rings. The Morgan fingerprint density at radius 3 is 2.71 bits per heavy atom. The largest absolute Gasteiger partial charge is 0.497 e. The van der Waals surface area contributed by atoms with Crippen molar-refractivity contribution in [1.29, 1.82) is 0 Å². The lowest BCUT2D eigenvalue weighted by atomic mass is 9.99. The van der Waals surface area contributed by atoms with Crippen LogP contribution in [-0.4, -0.2) is 26.9 Å².